The maximum absolute atomic E-state index is 11.3. The topological polar surface area (TPSA) is 46.4 Å². The number of fused-ring (bicyclic) bond motifs is 1. The maximum Gasteiger partial charge on any atom is 0.244 e. The lowest BCUT2D eigenvalue weighted by molar-refractivity contribution is -0.116. The van der Waals surface area contributed by atoms with Crippen molar-refractivity contribution in [1.82, 2.24) is 14.7 Å². The summed E-state index contributed by atoms with van der Waals surface area (Å²) < 4.78 is 1.95. The van der Waals surface area contributed by atoms with Crippen LogP contribution in [0, 0.1) is 0 Å². The fourth-order valence-electron chi connectivity index (χ4n) is 1.34. The van der Waals surface area contributed by atoms with Crippen LogP contribution in [-0.2, 0) is 4.79 Å². The van der Waals surface area contributed by atoms with Crippen LogP contribution in [0.2, 0.25) is 0 Å². The normalized spacial score (nSPS) is 11.3. The number of hydrogen-bond donors (Lipinski definition) is 1. The van der Waals surface area contributed by atoms with Gasteiger partial charge in [-0.15, -0.1) is 11.3 Å². The molecule has 5 heteroatoms. The van der Waals surface area contributed by atoms with Gasteiger partial charge in [-0.25, -0.2) is 4.98 Å². The number of rotatable bonds is 4. The number of hydrogen-bond acceptors (Lipinski definition) is 3. The molecule has 0 atom stereocenters. The van der Waals surface area contributed by atoms with Crippen LogP contribution in [0.4, 0.5) is 0 Å². The number of amides is 1. The third-order valence-corrected chi connectivity index (χ3v) is 2.90. The summed E-state index contributed by atoms with van der Waals surface area (Å²) in [6, 6.07) is 0. The van der Waals surface area contributed by atoms with E-state index in [4.69, 9.17) is 0 Å². The fraction of sp³-hybridized carbons (Fsp3) is 0.273. The van der Waals surface area contributed by atoms with E-state index in [0.717, 1.165) is 17.1 Å². The van der Waals surface area contributed by atoms with Crippen molar-refractivity contribution in [3.63, 3.8) is 0 Å². The summed E-state index contributed by atoms with van der Waals surface area (Å²) in [5, 5.41) is 4.75. The minimum atomic E-state index is -0.0629. The minimum absolute atomic E-state index is 0.0629. The summed E-state index contributed by atoms with van der Waals surface area (Å²) in [6.45, 7) is 2.74. The van der Waals surface area contributed by atoms with E-state index in [1.807, 2.05) is 22.9 Å². The Balaban J connectivity index is 2.07. The van der Waals surface area contributed by atoms with Gasteiger partial charge >= 0.3 is 0 Å². The van der Waals surface area contributed by atoms with Crippen molar-refractivity contribution in [1.29, 1.82) is 0 Å². The number of thiazole rings is 1. The van der Waals surface area contributed by atoms with Gasteiger partial charge in [0.15, 0.2) is 4.96 Å². The van der Waals surface area contributed by atoms with Crippen LogP contribution in [0.25, 0.3) is 11.0 Å². The van der Waals surface area contributed by atoms with E-state index < -0.39 is 0 Å². The zero-order chi connectivity index (χ0) is 11.4. The van der Waals surface area contributed by atoms with Crippen LogP contribution in [-0.4, -0.2) is 21.8 Å². The van der Waals surface area contributed by atoms with E-state index in [9.17, 15) is 4.79 Å². The number of carbonyl (C=O) groups is 1. The Labute approximate surface area is 97.6 Å². The molecule has 0 aromatic carbocycles. The highest BCUT2D eigenvalue weighted by molar-refractivity contribution is 7.15. The van der Waals surface area contributed by atoms with Gasteiger partial charge in [-0.1, -0.05) is 6.92 Å². The second-order valence-corrected chi connectivity index (χ2v) is 4.24. The largest absolute Gasteiger partial charge is 0.353 e. The lowest BCUT2D eigenvalue weighted by Crippen LogP contribution is -2.21. The standard InChI is InChI=1S/C11H13N3OS/c1-2-5-12-10(15)4-3-9-8-13-11-14(9)6-7-16-11/h3-4,6-8H,2,5H2,1H3,(H,12,15)/b4-3+. The summed E-state index contributed by atoms with van der Waals surface area (Å²) in [7, 11) is 0. The smallest absolute Gasteiger partial charge is 0.244 e. The van der Waals surface area contributed by atoms with Crippen LogP contribution in [0.3, 0.4) is 0 Å². The number of carbonyl (C=O) groups excluding carboxylic acids is 1. The monoisotopic (exact) mass is 235 g/mol. The summed E-state index contributed by atoms with van der Waals surface area (Å²) in [4.78, 5) is 16.5. The zero-order valence-corrected chi connectivity index (χ0v) is 9.83. The van der Waals surface area contributed by atoms with Crippen LogP contribution >= 0.6 is 11.3 Å². The highest BCUT2D eigenvalue weighted by atomic mass is 32.1. The third-order valence-electron chi connectivity index (χ3n) is 2.13. The lowest BCUT2D eigenvalue weighted by atomic mass is 10.4. The van der Waals surface area contributed by atoms with Gasteiger partial charge in [-0.05, 0) is 12.5 Å². The fourth-order valence-corrected chi connectivity index (χ4v) is 2.03. The highest BCUT2D eigenvalue weighted by Gasteiger charge is 2.00. The Morgan fingerprint density at radius 2 is 2.56 bits per heavy atom. The Kier molecular flexibility index (Phi) is 3.36. The van der Waals surface area contributed by atoms with E-state index in [1.165, 1.54) is 6.08 Å². The average molecular weight is 235 g/mol. The van der Waals surface area contributed by atoms with Gasteiger partial charge in [-0.2, -0.15) is 0 Å². The molecule has 4 nitrogen and oxygen atoms in total. The SMILES string of the molecule is CCCNC(=O)/C=C/c1cnc2sccn12. The first kappa shape index (κ1) is 10.9. The molecule has 2 aromatic rings. The van der Waals surface area contributed by atoms with E-state index in [1.54, 1.807) is 23.6 Å². The molecule has 0 saturated heterocycles. The molecule has 0 aliphatic carbocycles. The number of aromatic nitrogens is 2. The summed E-state index contributed by atoms with van der Waals surface area (Å²) in [6.07, 6.45) is 7.96. The molecule has 2 rings (SSSR count). The quantitative estimate of drug-likeness (QED) is 0.823. The molecule has 0 aliphatic heterocycles. The van der Waals surface area contributed by atoms with Gasteiger partial charge < -0.3 is 5.32 Å². The Morgan fingerprint density at radius 1 is 1.69 bits per heavy atom. The summed E-state index contributed by atoms with van der Waals surface area (Å²) in [5.74, 6) is -0.0629. The van der Waals surface area contributed by atoms with Crippen molar-refractivity contribution in [3.05, 3.63) is 29.5 Å². The lowest BCUT2D eigenvalue weighted by Gasteiger charge is -1.96. The van der Waals surface area contributed by atoms with Crippen molar-refractivity contribution < 1.29 is 4.79 Å². The average Bonchev–Trinajstić information content (AvgIpc) is 2.86. The predicted octanol–water partition coefficient (Wildman–Crippen LogP) is 1.94. The number of imidazole rings is 1. The van der Waals surface area contributed by atoms with Gasteiger partial charge in [-0.3, -0.25) is 9.20 Å². The molecule has 16 heavy (non-hydrogen) atoms. The first-order valence-corrected chi connectivity index (χ1v) is 6.05. The molecule has 1 N–H and O–H groups in total. The Morgan fingerprint density at radius 3 is 3.38 bits per heavy atom. The van der Waals surface area contributed by atoms with Crippen LogP contribution in [0.1, 0.15) is 19.0 Å². The first-order valence-electron chi connectivity index (χ1n) is 5.17. The highest BCUT2D eigenvalue weighted by Crippen LogP contribution is 2.13. The zero-order valence-electron chi connectivity index (χ0n) is 9.01. The number of nitrogens with zero attached hydrogens (tertiary/aromatic N) is 2. The van der Waals surface area contributed by atoms with Crippen LogP contribution in [0.5, 0.6) is 0 Å². The molecule has 2 heterocycles. The number of nitrogens with one attached hydrogen (secondary N) is 1. The van der Waals surface area contributed by atoms with E-state index in [0.29, 0.717) is 6.54 Å². The summed E-state index contributed by atoms with van der Waals surface area (Å²) >= 11 is 1.57. The second kappa shape index (κ2) is 4.94. The molecule has 84 valence electrons. The molecule has 0 bridgehead atoms. The van der Waals surface area contributed by atoms with Crippen molar-refractivity contribution in [3.8, 4) is 0 Å². The second-order valence-electron chi connectivity index (χ2n) is 3.36. The van der Waals surface area contributed by atoms with Gasteiger partial charge in [0, 0.05) is 24.2 Å². The van der Waals surface area contributed by atoms with Gasteiger partial charge in [0.1, 0.15) is 0 Å². The molecular weight excluding hydrogens is 222 g/mol. The van der Waals surface area contributed by atoms with E-state index >= 15 is 0 Å². The van der Waals surface area contributed by atoms with Gasteiger partial charge in [0.2, 0.25) is 5.91 Å². The van der Waals surface area contributed by atoms with Crippen molar-refractivity contribution in [2.24, 2.45) is 0 Å². The molecule has 0 fully saturated rings. The van der Waals surface area contributed by atoms with Crippen LogP contribution < -0.4 is 5.32 Å². The predicted molar refractivity (Wildman–Crippen MR) is 65.4 cm³/mol. The summed E-state index contributed by atoms with van der Waals surface area (Å²) in [5.41, 5.74) is 0.919. The molecule has 0 spiro atoms. The van der Waals surface area contributed by atoms with Gasteiger partial charge in [0.25, 0.3) is 0 Å². The third kappa shape index (κ3) is 2.30. The maximum atomic E-state index is 11.3. The van der Waals surface area contributed by atoms with Crippen molar-refractivity contribution in [2.75, 3.05) is 6.54 Å². The van der Waals surface area contributed by atoms with Crippen LogP contribution in [0.15, 0.2) is 23.8 Å². The molecular formula is C11H13N3OS. The van der Waals surface area contributed by atoms with E-state index in [-0.39, 0.29) is 5.91 Å². The molecule has 0 saturated carbocycles. The van der Waals surface area contributed by atoms with E-state index in [2.05, 4.69) is 10.3 Å². The van der Waals surface area contributed by atoms with Crippen molar-refractivity contribution >= 4 is 28.3 Å². The Bertz CT molecular complexity index is 512. The molecule has 0 aliphatic rings. The van der Waals surface area contributed by atoms with Crippen molar-refractivity contribution in [2.45, 2.75) is 13.3 Å². The molecule has 0 unspecified atom stereocenters. The Hall–Kier alpha value is -1.62. The first-order chi connectivity index (χ1) is 7.81. The van der Waals surface area contributed by atoms with Gasteiger partial charge in [0.05, 0.1) is 11.9 Å². The molecule has 0 radical (unpaired) electrons. The minimum Gasteiger partial charge on any atom is -0.353 e. The molecule has 1 amide bonds. The molecule has 2 aromatic heterocycles.